The van der Waals surface area contributed by atoms with Gasteiger partial charge in [0.15, 0.2) is 5.60 Å². The Balaban J connectivity index is 1.75. The van der Waals surface area contributed by atoms with E-state index in [1.54, 1.807) is 43.9 Å². The highest BCUT2D eigenvalue weighted by molar-refractivity contribution is 7.90. The lowest BCUT2D eigenvalue weighted by Gasteiger charge is -2.48. The highest BCUT2D eigenvalue weighted by atomic mass is 35.5. The number of carbonyl (C=O) groups is 2. The number of hydrogen-bond donors (Lipinski definition) is 2. The Kier molecular flexibility index (Phi) is 10.4. The number of piperidine rings is 1. The van der Waals surface area contributed by atoms with E-state index in [-0.39, 0.29) is 25.6 Å². The van der Waals surface area contributed by atoms with Crippen LogP contribution in [-0.2, 0) is 20.9 Å². The van der Waals surface area contributed by atoms with Gasteiger partial charge in [-0.2, -0.15) is 0 Å². The van der Waals surface area contributed by atoms with Gasteiger partial charge in [0.05, 0.1) is 29.2 Å². The van der Waals surface area contributed by atoms with E-state index < -0.39 is 45.4 Å². The van der Waals surface area contributed by atoms with Crippen LogP contribution in [0.2, 0.25) is 10.0 Å². The van der Waals surface area contributed by atoms with E-state index in [2.05, 4.69) is 11.3 Å². The number of aliphatic hydroxyl groups is 1. The molecule has 2 atom stereocenters. The molecule has 0 bridgehead atoms. The summed E-state index contributed by atoms with van der Waals surface area (Å²) >= 11 is 11.3. The number of likely N-dealkylation sites (tertiary alicyclic amines) is 2. The van der Waals surface area contributed by atoms with E-state index in [0.29, 0.717) is 41.7 Å². The van der Waals surface area contributed by atoms with Gasteiger partial charge in [0.2, 0.25) is 0 Å². The Bertz CT molecular complexity index is 1090. The monoisotopic (exact) mass is 617 g/mol. The summed E-state index contributed by atoms with van der Waals surface area (Å²) in [4.78, 5) is 28.5. The minimum Gasteiger partial charge on any atom is -0.598 e. The van der Waals surface area contributed by atoms with E-state index in [4.69, 9.17) is 32.7 Å². The van der Waals surface area contributed by atoms with Crippen molar-refractivity contribution in [2.24, 2.45) is 5.92 Å². The molecule has 1 aromatic rings. The molecule has 2 fully saturated rings. The molecule has 0 spiro atoms. The van der Waals surface area contributed by atoms with E-state index in [1.165, 1.54) is 4.90 Å². The van der Waals surface area contributed by atoms with Crippen molar-refractivity contribution in [2.45, 2.75) is 76.4 Å². The number of rotatable bonds is 8. The van der Waals surface area contributed by atoms with Gasteiger partial charge < -0.3 is 28.9 Å². The van der Waals surface area contributed by atoms with Crippen molar-refractivity contribution >= 4 is 46.6 Å². The SMILES string of the molecule is C=CCOc1cc(Cl)c(Cl)cc1C(N[S@@+]([O-])C(C)(C)C)C1CCN(C(=O)C2(O)CN(C(=O)OC(C)(C)C)C2)CC1. The van der Waals surface area contributed by atoms with Crippen LogP contribution in [0.25, 0.3) is 0 Å². The standard InChI is InChI=1S/C28H41Cl2N3O6S/c1-8-13-38-22-15-21(30)20(29)14-19(22)23(31-40(37)27(5,6)7)18-9-11-32(12-10-18)24(34)28(36)16-33(17-28)25(35)39-26(2,3)4/h8,14-15,18,23,31,36H,1,9-13,16-17H2,2-7H3/t23?,40-/m0/s1. The molecule has 0 saturated carbocycles. The Labute approximate surface area is 250 Å². The highest BCUT2D eigenvalue weighted by Crippen LogP contribution is 2.41. The third-order valence-electron chi connectivity index (χ3n) is 6.79. The maximum atomic E-state index is 13.2. The van der Waals surface area contributed by atoms with Crippen LogP contribution < -0.4 is 9.46 Å². The van der Waals surface area contributed by atoms with Crippen LogP contribution in [0.15, 0.2) is 24.8 Å². The fraction of sp³-hybridized carbons (Fsp3) is 0.643. The summed E-state index contributed by atoms with van der Waals surface area (Å²) in [6.45, 7) is 15.5. The molecule has 2 heterocycles. The summed E-state index contributed by atoms with van der Waals surface area (Å²) < 4.78 is 27.2. The molecule has 9 nitrogen and oxygen atoms in total. The first-order valence-corrected chi connectivity index (χ1v) is 15.3. The summed E-state index contributed by atoms with van der Waals surface area (Å²) in [6.07, 6.45) is 2.23. The number of ether oxygens (including phenoxy) is 2. The number of amides is 2. The quantitative estimate of drug-likeness (QED) is 0.316. The molecule has 0 aliphatic carbocycles. The molecule has 3 rings (SSSR count). The van der Waals surface area contributed by atoms with Crippen molar-refractivity contribution in [3.8, 4) is 5.75 Å². The predicted molar refractivity (Wildman–Crippen MR) is 158 cm³/mol. The molecule has 224 valence electrons. The zero-order valence-electron chi connectivity index (χ0n) is 24.1. The lowest BCUT2D eigenvalue weighted by atomic mass is 9.84. The molecule has 2 aliphatic heterocycles. The van der Waals surface area contributed by atoms with Crippen molar-refractivity contribution in [3.05, 3.63) is 40.4 Å². The van der Waals surface area contributed by atoms with Crippen LogP contribution in [0.4, 0.5) is 4.79 Å². The largest absolute Gasteiger partial charge is 0.598 e. The number of nitrogens with one attached hydrogen (secondary N) is 1. The van der Waals surface area contributed by atoms with E-state index in [1.807, 2.05) is 20.8 Å². The summed E-state index contributed by atoms with van der Waals surface area (Å²) in [5.74, 6) is 0.0910. The first-order chi connectivity index (χ1) is 18.4. The molecule has 2 saturated heterocycles. The lowest BCUT2D eigenvalue weighted by molar-refractivity contribution is -0.170. The zero-order valence-corrected chi connectivity index (χ0v) is 26.4. The van der Waals surface area contributed by atoms with Crippen LogP contribution in [0.5, 0.6) is 5.75 Å². The Morgan fingerprint density at radius 1 is 1.18 bits per heavy atom. The van der Waals surface area contributed by atoms with E-state index in [9.17, 15) is 19.2 Å². The van der Waals surface area contributed by atoms with Crippen molar-refractivity contribution in [2.75, 3.05) is 32.8 Å². The molecule has 2 aliphatic rings. The van der Waals surface area contributed by atoms with Crippen molar-refractivity contribution in [3.63, 3.8) is 0 Å². The summed E-state index contributed by atoms with van der Waals surface area (Å²) in [7, 11) is 0. The van der Waals surface area contributed by atoms with Crippen LogP contribution in [0.1, 0.15) is 66.0 Å². The van der Waals surface area contributed by atoms with Gasteiger partial charge in [-0.25, -0.2) is 4.79 Å². The summed E-state index contributed by atoms with van der Waals surface area (Å²) in [6, 6.07) is 2.99. The smallest absolute Gasteiger partial charge is 0.410 e. The summed E-state index contributed by atoms with van der Waals surface area (Å²) in [5.41, 5.74) is -1.57. The highest BCUT2D eigenvalue weighted by Gasteiger charge is 2.53. The number of hydrogen-bond acceptors (Lipinski definition) is 7. The molecule has 0 aromatic heterocycles. The fourth-order valence-electron chi connectivity index (χ4n) is 4.67. The fourth-order valence-corrected chi connectivity index (χ4v) is 5.90. The van der Waals surface area contributed by atoms with Gasteiger partial charge in [-0.05, 0) is 66.4 Å². The van der Waals surface area contributed by atoms with Crippen molar-refractivity contribution in [1.29, 1.82) is 0 Å². The molecule has 12 heteroatoms. The Morgan fingerprint density at radius 2 is 1.75 bits per heavy atom. The zero-order chi connectivity index (χ0) is 30.0. The lowest BCUT2D eigenvalue weighted by Crippen LogP contribution is -2.71. The first kappa shape index (κ1) is 32.8. The predicted octanol–water partition coefficient (Wildman–Crippen LogP) is 4.87. The minimum atomic E-state index is -1.63. The second kappa shape index (κ2) is 12.7. The number of halogens is 2. The molecule has 2 amide bonds. The van der Waals surface area contributed by atoms with Gasteiger partial charge >= 0.3 is 6.09 Å². The first-order valence-electron chi connectivity index (χ1n) is 13.4. The topological polar surface area (TPSA) is 114 Å². The molecular weight excluding hydrogens is 577 g/mol. The van der Waals surface area contributed by atoms with Gasteiger partial charge in [0.1, 0.15) is 22.7 Å². The second-order valence-electron chi connectivity index (χ2n) is 12.4. The van der Waals surface area contributed by atoms with E-state index >= 15 is 0 Å². The normalized spacial score (nSPS) is 19.4. The molecule has 0 radical (unpaired) electrons. The van der Waals surface area contributed by atoms with Gasteiger partial charge in [0.25, 0.3) is 5.91 Å². The summed E-state index contributed by atoms with van der Waals surface area (Å²) in [5, 5.41) is 11.6. The third-order valence-corrected chi connectivity index (χ3v) is 9.09. The minimum absolute atomic E-state index is 0.0204. The molecular formula is C28H41Cl2N3O6S. The second-order valence-corrected chi connectivity index (χ2v) is 15.2. The van der Waals surface area contributed by atoms with Gasteiger partial charge in [-0.15, -0.1) is 4.72 Å². The van der Waals surface area contributed by atoms with Crippen molar-refractivity contribution in [1.82, 2.24) is 14.5 Å². The van der Waals surface area contributed by atoms with Gasteiger partial charge in [-0.1, -0.05) is 35.9 Å². The molecule has 1 aromatic carbocycles. The number of β-amino-alcohol motifs (C(OH)–C–C–N with tert-alkyl or cyclic N) is 1. The van der Waals surface area contributed by atoms with Crippen LogP contribution >= 0.6 is 23.2 Å². The van der Waals surface area contributed by atoms with Crippen molar-refractivity contribution < 1.29 is 28.7 Å². The molecule has 1 unspecified atom stereocenters. The third kappa shape index (κ3) is 7.98. The van der Waals surface area contributed by atoms with Crippen LogP contribution in [0.3, 0.4) is 0 Å². The van der Waals surface area contributed by atoms with Crippen LogP contribution in [-0.4, -0.2) is 80.2 Å². The van der Waals surface area contributed by atoms with Crippen LogP contribution in [0, 0.1) is 5.92 Å². The average Bonchev–Trinajstić information content (AvgIpc) is 2.83. The molecule has 2 N–H and O–H groups in total. The molecule has 40 heavy (non-hydrogen) atoms. The Morgan fingerprint density at radius 3 is 2.27 bits per heavy atom. The Hall–Kier alpha value is -1.69. The number of nitrogens with zero attached hydrogens (tertiary/aromatic N) is 2. The van der Waals surface area contributed by atoms with E-state index in [0.717, 1.165) is 5.56 Å². The van der Waals surface area contributed by atoms with Gasteiger partial charge in [0, 0.05) is 36.1 Å². The average molecular weight is 619 g/mol. The number of carbonyl (C=O) groups excluding carboxylic acids is 2. The maximum absolute atomic E-state index is 13.2. The maximum Gasteiger partial charge on any atom is 0.410 e. The number of benzene rings is 1. The van der Waals surface area contributed by atoms with Gasteiger partial charge in [-0.3, -0.25) is 4.79 Å².